The molecule has 0 atom stereocenters. The van der Waals surface area contributed by atoms with E-state index in [4.69, 9.17) is 29.9 Å². The van der Waals surface area contributed by atoms with Gasteiger partial charge in [0.2, 0.25) is 0 Å². The lowest BCUT2D eigenvalue weighted by Gasteiger charge is -2.12. The summed E-state index contributed by atoms with van der Waals surface area (Å²) in [5, 5.41) is 4.54. The van der Waals surface area contributed by atoms with Crippen LogP contribution in [0.25, 0.3) is 106 Å². The van der Waals surface area contributed by atoms with Crippen molar-refractivity contribution in [3.63, 3.8) is 0 Å². The van der Waals surface area contributed by atoms with E-state index in [0.29, 0.717) is 34.9 Å². The molecule has 4 aromatic heterocycles. The van der Waals surface area contributed by atoms with Crippen LogP contribution >= 0.6 is 11.3 Å². The van der Waals surface area contributed by atoms with Gasteiger partial charge in [-0.05, 0) is 43.2 Å². The van der Waals surface area contributed by atoms with E-state index in [9.17, 15) is 0 Å². The number of para-hydroxylation sites is 2. The molecule has 0 fully saturated rings. The molecule has 1 aliphatic rings. The number of nitrogens with zero attached hydrogens (tertiary/aromatic N) is 7. The zero-order chi connectivity index (χ0) is 41.0. The first-order valence-electron chi connectivity index (χ1n) is 20.8. The van der Waals surface area contributed by atoms with Gasteiger partial charge in [0.25, 0.3) is 0 Å². The van der Waals surface area contributed by atoms with Gasteiger partial charge in [-0.2, -0.15) is 0 Å². The maximum atomic E-state index is 5.39. The number of rotatable bonds is 7. The van der Waals surface area contributed by atoms with Gasteiger partial charge in [-0.3, -0.25) is 0 Å². The topological polar surface area (TPSA) is 82.3 Å². The van der Waals surface area contributed by atoms with E-state index in [0.717, 1.165) is 83.8 Å². The van der Waals surface area contributed by atoms with Crippen LogP contribution in [0, 0.1) is 0 Å². The predicted octanol–water partition coefficient (Wildman–Crippen LogP) is 11.5. The Morgan fingerprint density at radius 3 is 1.55 bits per heavy atom. The van der Waals surface area contributed by atoms with Crippen LogP contribution in [0.1, 0.15) is 18.7 Å². The average Bonchev–Trinajstić information content (AvgIpc) is 3.91. The van der Waals surface area contributed by atoms with Crippen LogP contribution < -0.4 is 9.75 Å². The highest BCUT2D eigenvalue weighted by molar-refractivity contribution is 7.17. The summed E-state index contributed by atoms with van der Waals surface area (Å²) in [5.74, 6) is 3.89. The predicted molar refractivity (Wildman–Crippen MR) is 252 cm³/mol. The molecule has 0 spiro atoms. The third-order valence-corrected chi connectivity index (χ3v) is 12.8. The van der Waals surface area contributed by atoms with Crippen LogP contribution in [0.4, 0.5) is 0 Å². The SMILES string of the molecule is C1=c2sc3c(-c4nc(-c5ccccc5)nc(-c5cccc6c5c5ccccc5n6-c5ccccc5)n4)cccc3c2=C(c2nc(-c3ccccc3)nc(-c3ccccc3)n2)CC1. The van der Waals surface area contributed by atoms with Gasteiger partial charge in [0, 0.05) is 69.7 Å². The van der Waals surface area contributed by atoms with Crippen molar-refractivity contribution in [2.24, 2.45) is 0 Å². The van der Waals surface area contributed by atoms with Crippen molar-refractivity contribution in [1.29, 1.82) is 0 Å². The van der Waals surface area contributed by atoms with Gasteiger partial charge >= 0.3 is 0 Å². The van der Waals surface area contributed by atoms with Crippen molar-refractivity contribution in [2.75, 3.05) is 0 Å². The van der Waals surface area contributed by atoms with Crippen molar-refractivity contribution in [2.45, 2.75) is 12.8 Å². The van der Waals surface area contributed by atoms with Crippen LogP contribution in [-0.2, 0) is 0 Å². The molecule has 62 heavy (non-hydrogen) atoms. The molecule has 0 aliphatic heterocycles. The van der Waals surface area contributed by atoms with E-state index in [2.05, 4.69) is 138 Å². The Bertz CT molecular complexity index is 3560. The highest BCUT2D eigenvalue weighted by atomic mass is 32.1. The van der Waals surface area contributed by atoms with Crippen LogP contribution in [0.5, 0.6) is 0 Å². The first-order valence-corrected chi connectivity index (χ1v) is 21.6. The van der Waals surface area contributed by atoms with Crippen molar-refractivity contribution in [3.05, 3.63) is 198 Å². The number of hydrogen-bond acceptors (Lipinski definition) is 7. The van der Waals surface area contributed by atoms with Gasteiger partial charge in [0.1, 0.15) is 0 Å². The summed E-state index contributed by atoms with van der Waals surface area (Å²) in [7, 11) is 0. The van der Waals surface area contributed by atoms with Crippen LogP contribution in [-0.4, -0.2) is 34.5 Å². The molecule has 12 rings (SSSR count). The van der Waals surface area contributed by atoms with Gasteiger partial charge < -0.3 is 4.57 Å². The van der Waals surface area contributed by atoms with E-state index >= 15 is 0 Å². The zero-order valence-electron chi connectivity index (χ0n) is 33.4. The zero-order valence-corrected chi connectivity index (χ0v) is 34.2. The summed E-state index contributed by atoms with van der Waals surface area (Å²) in [4.78, 5) is 31.2. The van der Waals surface area contributed by atoms with Crippen molar-refractivity contribution in [3.8, 4) is 62.6 Å². The molecule has 7 nitrogen and oxygen atoms in total. The number of hydrogen-bond donors (Lipinski definition) is 0. The van der Waals surface area contributed by atoms with Gasteiger partial charge in [-0.25, -0.2) is 29.9 Å². The monoisotopic (exact) mass is 813 g/mol. The fourth-order valence-electron chi connectivity index (χ4n) is 8.80. The smallest absolute Gasteiger partial charge is 0.165 e. The van der Waals surface area contributed by atoms with Crippen molar-refractivity contribution >= 4 is 54.9 Å². The maximum Gasteiger partial charge on any atom is 0.165 e. The number of fused-ring (bicyclic) bond motifs is 6. The van der Waals surface area contributed by atoms with E-state index in [1.165, 1.54) is 9.75 Å². The standard InChI is InChI=1S/C54H35N7S/c1-5-18-34(19-6-1)49-55-50(35-20-7-2-8-21-35)57-53(56-49)41-29-17-33-45-47(41)39-27-15-30-42(48(39)62-45)54-59-51(36-22-9-3-10-23-36)58-52(60-54)40-28-16-32-44-46(40)38-26-13-14-31-43(38)61(44)37-24-11-4-12-25-37/h1-16,18-28,30-33H,17,29H2. The molecule has 1 aliphatic carbocycles. The summed E-state index contributed by atoms with van der Waals surface area (Å²) >= 11 is 1.78. The van der Waals surface area contributed by atoms with Gasteiger partial charge in [-0.1, -0.05) is 158 Å². The Morgan fingerprint density at radius 2 is 0.887 bits per heavy atom. The number of aromatic nitrogens is 7. The fraction of sp³-hybridized carbons (Fsp3) is 0.0370. The second-order valence-electron chi connectivity index (χ2n) is 15.3. The highest BCUT2D eigenvalue weighted by Gasteiger charge is 2.23. The fourth-order valence-corrected chi connectivity index (χ4v) is 10.1. The lowest BCUT2D eigenvalue weighted by atomic mass is 9.99. The second-order valence-corrected chi connectivity index (χ2v) is 16.4. The Labute approximate surface area is 360 Å². The molecule has 0 saturated carbocycles. The van der Waals surface area contributed by atoms with Crippen molar-refractivity contribution in [1.82, 2.24) is 34.5 Å². The molecule has 4 heterocycles. The molecule has 0 N–H and O–H groups in total. The van der Waals surface area contributed by atoms with Gasteiger partial charge in [0.15, 0.2) is 34.9 Å². The van der Waals surface area contributed by atoms with Crippen LogP contribution in [0.15, 0.2) is 182 Å². The van der Waals surface area contributed by atoms with Gasteiger partial charge in [-0.15, -0.1) is 11.3 Å². The largest absolute Gasteiger partial charge is 0.309 e. The summed E-state index contributed by atoms with van der Waals surface area (Å²) < 4.78 is 4.64. The first-order chi connectivity index (χ1) is 30.7. The molecule has 0 unspecified atom stereocenters. The highest BCUT2D eigenvalue weighted by Crippen LogP contribution is 2.39. The molecule has 0 radical (unpaired) electrons. The molecule has 0 saturated heterocycles. The molecule has 7 aromatic carbocycles. The third-order valence-electron chi connectivity index (χ3n) is 11.6. The van der Waals surface area contributed by atoms with E-state index in [1.807, 2.05) is 54.6 Å². The minimum absolute atomic E-state index is 0.624. The van der Waals surface area contributed by atoms with E-state index < -0.39 is 0 Å². The lowest BCUT2D eigenvalue weighted by Crippen LogP contribution is -2.26. The molecule has 0 amide bonds. The summed E-state index contributed by atoms with van der Waals surface area (Å²) in [5.41, 5.74) is 9.18. The number of benzene rings is 7. The summed E-state index contributed by atoms with van der Waals surface area (Å²) in [6.45, 7) is 0. The Kier molecular flexibility index (Phi) is 8.67. The lowest BCUT2D eigenvalue weighted by molar-refractivity contribution is 0.986. The maximum absolute atomic E-state index is 5.39. The molecule has 292 valence electrons. The normalized spacial score (nSPS) is 12.5. The minimum atomic E-state index is 0.624. The minimum Gasteiger partial charge on any atom is -0.309 e. The molecular weight excluding hydrogens is 779 g/mol. The quantitative estimate of drug-likeness (QED) is 0.159. The Balaban J connectivity index is 1.09. The summed E-state index contributed by atoms with van der Waals surface area (Å²) in [6, 6.07) is 62.6. The van der Waals surface area contributed by atoms with Crippen molar-refractivity contribution < 1.29 is 0 Å². The Morgan fingerprint density at radius 1 is 0.403 bits per heavy atom. The molecule has 8 heteroatoms. The third kappa shape index (κ3) is 6.11. The Hall–Kier alpha value is -7.94. The van der Waals surface area contributed by atoms with Crippen LogP contribution in [0.2, 0.25) is 0 Å². The molecule has 11 aromatic rings. The van der Waals surface area contributed by atoms with Gasteiger partial charge in [0.05, 0.1) is 11.0 Å². The van der Waals surface area contributed by atoms with E-state index in [1.54, 1.807) is 11.3 Å². The molecule has 0 bridgehead atoms. The molecular formula is C54H35N7S. The van der Waals surface area contributed by atoms with Crippen LogP contribution in [0.3, 0.4) is 0 Å². The summed E-state index contributed by atoms with van der Waals surface area (Å²) in [6.07, 6.45) is 4.04. The first kappa shape index (κ1) is 36.0. The average molecular weight is 814 g/mol. The number of thiophene rings is 1. The second kappa shape index (κ2) is 15.0. The van der Waals surface area contributed by atoms with E-state index in [-0.39, 0.29) is 0 Å².